The van der Waals surface area contributed by atoms with Gasteiger partial charge < -0.3 is 10.6 Å². The van der Waals surface area contributed by atoms with Gasteiger partial charge in [0.05, 0.1) is 30.0 Å². The fraction of sp³-hybridized carbons (Fsp3) is 0. The molecule has 4 rings (SSSR count). The number of hydrogen-bond acceptors (Lipinski definition) is 6. The standard InChI is InChI=1S/C17H10ClF2N7O/c18-14-5-12(24-15-2-1-9(19)6-22-15)16-23-8-13(27(16)26-14)17(28)25-11-3-4-21-7-10(11)20/h1-8H,(H,22,24)(H,21,25,28). The fourth-order valence-electron chi connectivity index (χ4n) is 2.44. The van der Waals surface area contributed by atoms with E-state index in [9.17, 15) is 13.6 Å². The Hall–Kier alpha value is -3.66. The van der Waals surface area contributed by atoms with Gasteiger partial charge >= 0.3 is 0 Å². The van der Waals surface area contributed by atoms with Gasteiger partial charge in [-0.3, -0.25) is 9.78 Å². The van der Waals surface area contributed by atoms with E-state index >= 15 is 0 Å². The molecule has 0 aliphatic rings. The summed E-state index contributed by atoms with van der Waals surface area (Å²) < 4.78 is 28.0. The van der Waals surface area contributed by atoms with Crippen molar-refractivity contribution in [1.29, 1.82) is 0 Å². The van der Waals surface area contributed by atoms with Crippen LogP contribution in [0, 0.1) is 11.6 Å². The first-order valence-electron chi connectivity index (χ1n) is 7.85. The molecule has 8 nitrogen and oxygen atoms in total. The number of pyridine rings is 2. The Bertz CT molecular complexity index is 1180. The molecule has 0 atom stereocenters. The number of imidazole rings is 1. The number of anilines is 3. The van der Waals surface area contributed by atoms with Gasteiger partial charge in [0.1, 0.15) is 11.6 Å². The zero-order valence-corrected chi connectivity index (χ0v) is 14.7. The molecule has 140 valence electrons. The number of fused-ring (bicyclic) bond motifs is 1. The Morgan fingerprint density at radius 1 is 1.07 bits per heavy atom. The van der Waals surface area contributed by atoms with E-state index in [1.807, 2.05) is 0 Å². The lowest BCUT2D eigenvalue weighted by Crippen LogP contribution is -2.16. The average Bonchev–Trinajstić information content (AvgIpc) is 3.09. The van der Waals surface area contributed by atoms with Gasteiger partial charge in [-0.1, -0.05) is 11.6 Å². The maximum absolute atomic E-state index is 13.7. The minimum absolute atomic E-state index is 0.0313. The van der Waals surface area contributed by atoms with Crippen LogP contribution in [0.1, 0.15) is 10.5 Å². The smallest absolute Gasteiger partial charge is 0.276 e. The number of carbonyl (C=O) groups is 1. The van der Waals surface area contributed by atoms with Gasteiger partial charge in [0.2, 0.25) is 0 Å². The van der Waals surface area contributed by atoms with Crippen molar-refractivity contribution in [2.75, 3.05) is 10.6 Å². The molecule has 1 amide bonds. The molecule has 4 aromatic rings. The zero-order valence-electron chi connectivity index (χ0n) is 13.9. The van der Waals surface area contributed by atoms with Crippen molar-refractivity contribution in [1.82, 2.24) is 24.6 Å². The Kier molecular flexibility index (Phi) is 4.53. The third-order valence-corrected chi connectivity index (χ3v) is 3.87. The number of amides is 1. The van der Waals surface area contributed by atoms with E-state index < -0.39 is 17.5 Å². The largest absolute Gasteiger partial charge is 0.337 e. The average molecular weight is 402 g/mol. The van der Waals surface area contributed by atoms with Crippen LogP contribution < -0.4 is 10.6 Å². The molecule has 28 heavy (non-hydrogen) atoms. The van der Waals surface area contributed by atoms with Crippen LogP contribution in [0.2, 0.25) is 5.15 Å². The Labute approximate surface area is 161 Å². The van der Waals surface area contributed by atoms with Gasteiger partial charge in [0.25, 0.3) is 5.91 Å². The van der Waals surface area contributed by atoms with Crippen LogP contribution in [-0.2, 0) is 0 Å². The fourth-order valence-corrected chi connectivity index (χ4v) is 2.62. The summed E-state index contributed by atoms with van der Waals surface area (Å²) in [5.74, 6) is -1.45. The summed E-state index contributed by atoms with van der Waals surface area (Å²) in [6.07, 6.45) is 4.66. The zero-order chi connectivity index (χ0) is 19.7. The molecule has 0 aliphatic heterocycles. The van der Waals surface area contributed by atoms with Crippen LogP contribution in [0.3, 0.4) is 0 Å². The number of nitrogens with zero attached hydrogens (tertiary/aromatic N) is 5. The predicted octanol–water partition coefficient (Wildman–Crippen LogP) is 3.45. The van der Waals surface area contributed by atoms with Crippen molar-refractivity contribution in [3.05, 3.63) is 71.5 Å². The van der Waals surface area contributed by atoms with Crippen LogP contribution >= 0.6 is 11.6 Å². The maximum atomic E-state index is 13.7. The van der Waals surface area contributed by atoms with Crippen molar-refractivity contribution in [2.24, 2.45) is 0 Å². The minimum Gasteiger partial charge on any atom is -0.337 e. The van der Waals surface area contributed by atoms with Crippen molar-refractivity contribution >= 4 is 40.3 Å². The van der Waals surface area contributed by atoms with Crippen molar-refractivity contribution in [3.63, 3.8) is 0 Å². The normalized spacial score (nSPS) is 10.8. The van der Waals surface area contributed by atoms with Crippen LogP contribution in [0.5, 0.6) is 0 Å². The summed E-state index contributed by atoms with van der Waals surface area (Å²) in [7, 11) is 0. The second kappa shape index (κ2) is 7.16. The highest BCUT2D eigenvalue weighted by atomic mass is 35.5. The second-order valence-electron chi connectivity index (χ2n) is 5.56. The van der Waals surface area contributed by atoms with E-state index in [1.54, 1.807) is 0 Å². The number of hydrogen-bond donors (Lipinski definition) is 2. The topological polar surface area (TPSA) is 97.1 Å². The lowest BCUT2D eigenvalue weighted by molar-refractivity contribution is 0.102. The first-order valence-corrected chi connectivity index (χ1v) is 8.23. The first-order chi connectivity index (χ1) is 13.5. The highest BCUT2D eigenvalue weighted by molar-refractivity contribution is 6.29. The molecule has 0 saturated carbocycles. The SMILES string of the molecule is O=C(Nc1ccncc1F)c1cnc2c(Nc3ccc(F)cn3)cc(Cl)nn12. The molecule has 0 unspecified atom stereocenters. The third-order valence-electron chi connectivity index (χ3n) is 3.68. The Balaban J connectivity index is 1.69. The quantitative estimate of drug-likeness (QED) is 0.543. The second-order valence-corrected chi connectivity index (χ2v) is 5.94. The number of carbonyl (C=O) groups excluding carboxylic acids is 1. The van der Waals surface area contributed by atoms with Crippen molar-refractivity contribution in [2.45, 2.75) is 0 Å². The summed E-state index contributed by atoms with van der Waals surface area (Å²) in [6.45, 7) is 0. The molecule has 0 aromatic carbocycles. The molecule has 0 saturated heterocycles. The van der Waals surface area contributed by atoms with E-state index in [0.29, 0.717) is 11.5 Å². The summed E-state index contributed by atoms with van der Waals surface area (Å²) in [4.78, 5) is 24.2. The number of halogens is 3. The highest BCUT2D eigenvalue weighted by Gasteiger charge is 2.18. The summed E-state index contributed by atoms with van der Waals surface area (Å²) in [6, 6.07) is 5.48. The minimum atomic E-state index is -0.680. The van der Waals surface area contributed by atoms with E-state index in [0.717, 1.165) is 12.4 Å². The summed E-state index contributed by atoms with van der Waals surface area (Å²) in [5, 5.41) is 9.51. The van der Waals surface area contributed by atoms with Gasteiger partial charge in [0, 0.05) is 12.3 Å². The Morgan fingerprint density at radius 2 is 1.93 bits per heavy atom. The van der Waals surface area contributed by atoms with E-state index in [-0.39, 0.29) is 22.2 Å². The number of rotatable bonds is 4. The van der Waals surface area contributed by atoms with Gasteiger partial charge in [-0.2, -0.15) is 5.10 Å². The maximum Gasteiger partial charge on any atom is 0.276 e. The number of aromatic nitrogens is 5. The third kappa shape index (κ3) is 3.45. The summed E-state index contributed by atoms with van der Waals surface area (Å²) in [5.41, 5.74) is 0.666. The van der Waals surface area contributed by atoms with Crippen molar-refractivity contribution in [3.8, 4) is 0 Å². The molecular formula is C17H10ClF2N7O. The van der Waals surface area contributed by atoms with Crippen LogP contribution in [0.25, 0.3) is 5.65 Å². The van der Waals surface area contributed by atoms with Gasteiger partial charge in [-0.05, 0) is 18.2 Å². The molecule has 4 heterocycles. The number of nitrogens with one attached hydrogen (secondary N) is 2. The molecule has 2 N–H and O–H groups in total. The van der Waals surface area contributed by atoms with Crippen LogP contribution in [0.4, 0.5) is 26.0 Å². The summed E-state index contributed by atoms with van der Waals surface area (Å²) >= 11 is 6.05. The molecule has 0 spiro atoms. The predicted molar refractivity (Wildman–Crippen MR) is 97.6 cm³/mol. The van der Waals surface area contributed by atoms with Gasteiger partial charge in [-0.15, -0.1) is 0 Å². The molecule has 11 heteroatoms. The molecular weight excluding hydrogens is 392 g/mol. The molecule has 0 aliphatic carbocycles. The molecule has 0 radical (unpaired) electrons. The Morgan fingerprint density at radius 3 is 2.68 bits per heavy atom. The first kappa shape index (κ1) is 17.7. The van der Waals surface area contributed by atoms with E-state index in [1.165, 1.54) is 41.2 Å². The van der Waals surface area contributed by atoms with Crippen LogP contribution in [0.15, 0.2) is 49.1 Å². The lowest BCUT2D eigenvalue weighted by Gasteiger charge is -2.09. The van der Waals surface area contributed by atoms with Crippen molar-refractivity contribution < 1.29 is 13.6 Å². The van der Waals surface area contributed by atoms with E-state index in [2.05, 4.69) is 30.7 Å². The van der Waals surface area contributed by atoms with E-state index in [4.69, 9.17) is 11.6 Å². The lowest BCUT2D eigenvalue weighted by atomic mass is 10.3. The molecule has 4 aromatic heterocycles. The molecule has 0 bridgehead atoms. The van der Waals surface area contributed by atoms with Gasteiger partial charge in [-0.25, -0.2) is 23.3 Å². The molecule has 0 fully saturated rings. The van der Waals surface area contributed by atoms with Gasteiger partial charge in [0.15, 0.2) is 22.3 Å². The highest BCUT2D eigenvalue weighted by Crippen LogP contribution is 2.24. The monoisotopic (exact) mass is 401 g/mol. The van der Waals surface area contributed by atoms with Crippen LogP contribution in [-0.4, -0.2) is 30.5 Å².